The molecule has 0 radical (unpaired) electrons. The van der Waals surface area contributed by atoms with Crippen LogP contribution in [0.1, 0.15) is 25.7 Å². The van der Waals surface area contributed by atoms with Gasteiger partial charge in [0.05, 0.1) is 0 Å². The van der Waals surface area contributed by atoms with Gasteiger partial charge in [0.2, 0.25) is 0 Å². The van der Waals surface area contributed by atoms with Crippen molar-refractivity contribution in [1.82, 2.24) is 5.32 Å². The van der Waals surface area contributed by atoms with E-state index >= 15 is 0 Å². The Morgan fingerprint density at radius 2 is 2.17 bits per heavy atom. The standard InChI is InChI=1S/C8H16N2O2/c9-5-6-3-1-2-4-7(6)10-8(11)12/h6-7,10H,1-5,9H2,(H,11,12)/t6?,7-/m0/s1. The summed E-state index contributed by atoms with van der Waals surface area (Å²) in [6, 6.07) is 0.0845. The third-order valence-electron chi connectivity index (χ3n) is 2.52. The number of carboxylic acid groups (broad SMARTS) is 1. The van der Waals surface area contributed by atoms with Gasteiger partial charge in [0.25, 0.3) is 0 Å². The SMILES string of the molecule is NCC1CCCC[C@@H]1NC(=O)O. The van der Waals surface area contributed by atoms with Gasteiger partial charge in [-0.3, -0.25) is 0 Å². The topological polar surface area (TPSA) is 75.3 Å². The first kappa shape index (κ1) is 9.32. The second-order valence-electron chi connectivity index (χ2n) is 3.34. The van der Waals surface area contributed by atoms with Crippen LogP contribution in [0.3, 0.4) is 0 Å². The van der Waals surface area contributed by atoms with Crippen LogP contribution in [0.5, 0.6) is 0 Å². The average molecular weight is 172 g/mol. The zero-order chi connectivity index (χ0) is 8.97. The largest absolute Gasteiger partial charge is 0.465 e. The monoisotopic (exact) mass is 172 g/mol. The number of amides is 1. The fourth-order valence-corrected chi connectivity index (χ4v) is 1.84. The average Bonchev–Trinajstić information content (AvgIpc) is 2.04. The van der Waals surface area contributed by atoms with Crippen LogP contribution in [0.4, 0.5) is 4.79 Å². The number of rotatable bonds is 2. The number of hydrogen-bond acceptors (Lipinski definition) is 2. The lowest BCUT2D eigenvalue weighted by molar-refractivity contribution is 0.176. The minimum atomic E-state index is -0.930. The quantitative estimate of drug-likeness (QED) is 0.576. The van der Waals surface area contributed by atoms with Crippen molar-refractivity contribution in [1.29, 1.82) is 0 Å². The number of hydrogen-bond donors (Lipinski definition) is 3. The highest BCUT2D eigenvalue weighted by molar-refractivity contribution is 5.64. The summed E-state index contributed by atoms with van der Waals surface area (Å²) in [7, 11) is 0. The van der Waals surface area contributed by atoms with Crippen LogP contribution < -0.4 is 11.1 Å². The van der Waals surface area contributed by atoms with E-state index in [0.717, 1.165) is 19.3 Å². The number of carbonyl (C=O) groups is 1. The summed E-state index contributed by atoms with van der Waals surface area (Å²) in [5.74, 6) is 0.342. The van der Waals surface area contributed by atoms with Gasteiger partial charge >= 0.3 is 6.09 Å². The minimum Gasteiger partial charge on any atom is -0.465 e. The second kappa shape index (κ2) is 4.30. The van der Waals surface area contributed by atoms with Gasteiger partial charge in [0, 0.05) is 6.04 Å². The molecule has 1 aliphatic rings. The maximum absolute atomic E-state index is 10.4. The van der Waals surface area contributed by atoms with Gasteiger partial charge in [0.1, 0.15) is 0 Å². The Bertz CT molecular complexity index is 161. The zero-order valence-electron chi connectivity index (χ0n) is 7.12. The molecule has 4 N–H and O–H groups in total. The van der Waals surface area contributed by atoms with Crippen LogP contribution in [-0.4, -0.2) is 23.8 Å². The number of nitrogens with one attached hydrogen (secondary N) is 1. The van der Waals surface area contributed by atoms with E-state index in [1.54, 1.807) is 0 Å². The van der Waals surface area contributed by atoms with Crippen LogP contribution in [0.2, 0.25) is 0 Å². The molecule has 1 aliphatic carbocycles. The molecule has 4 heteroatoms. The highest BCUT2D eigenvalue weighted by Crippen LogP contribution is 2.23. The van der Waals surface area contributed by atoms with Gasteiger partial charge in [-0.2, -0.15) is 0 Å². The third kappa shape index (κ3) is 2.37. The molecule has 1 rings (SSSR count). The highest BCUT2D eigenvalue weighted by Gasteiger charge is 2.24. The Morgan fingerprint density at radius 1 is 1.50 bits per heavy atom. The molecular weight excluding hydrogens is 156 g/mol. The predicted molar refractivity (Wildman–Crippen MR) is 46.0 cm³/mol. The van der Waals surface area contributed by atoms with Crippen LogP contribution >= 0.6 is 0 Å². The van der Waals surface area contributed by atoms with Gasteiger partial charge in [-0.15, -0.1) is 0 Å². The van der Waals surface area contributed by atoms with Crippen LogP contribution in [0.25, 0.3) is 0 Å². The second-order valence-corrected chi connectivity index (χ2v) is 3.34. The summed E-state index contributed by atoms with van der Waals surface area (Å²) >= 11 is 0. The summed E-state index contributed by atoms with van der Waals surface area (Å²) in [5.41, 5.74) is 5.54. The molecule has 0 aromatic rings. The molecule has 0 saturated heterocycles. The molecule has 0 aromatic carbocycles. The molecule has 0 bridgehead atoms. The Morgan fingerprint density at radius 3 is 2.75 bits per heavy atom. The van der Waals surface area contributed by atoms with E-state index in [-0.39, 0.29) is 6.04 Å². The Balaban J connectivity index is 2.41. The molecule has 1 saturated carbocycles. The predicted octanol–water partition coefficient (Wildman–Crippen LogP) is 0.772. The van der Waals surface area contributed by atoms with Gasteiger partial charge in [-0.25, -0.2) is 4.79 Å². The fourth-order valence-electron chi connectivity index (χ4n) is 1.84. The Hall–Kier alpha value is -0.770. The molecule has 1 unspecified atom stereocenters. The summed E-state index contributed by atoms with van der Waals surface area (Å²) in [4.78, 5) is 10.4. The van der Waals surface area contributed by atoms with Crippen molar-refractivity contribution >= 4 is 6.09 Å². The minimum absolute atomic E-state index is 0.0845. The van der Waals surface area contributed by atoms with Gasteiger partial charge in [0.15, 0.2) is 0 Å². The highest BCUT2D eigenvalue weighted by atomic mass is 16.4. The molecule has 0 aliphatic heterocycles. The molecule has 0 heterocycles. The first-order valence-corrected chi connectivity index (χ1v) is 4.43. The first-order chi connectivity index (χ1) is 5.74. The maximum Gasteiger partial charge on any atom is 0.404 e. The van der Waals surface area contributed by atoms with Crippen molar-refractivity contribution in [2.75, 3.05) is 6.54 Å². The van der Waals surface area contributed by atoms with Crippen LogP contribution in [-0.2, 0) is 0 Å². The molecule has 0 spiro atoms. The molecule has 12 heavy (non-hydrogen) atoms. The van der Waals surface area contributed by atoms with Gasteiger partial charge in [-0.1, -0.05) is 12.8 Å². The molecular formula is C8H16N2O2. The molecule has 2 atom stereocenters. The van der Waals surface area contributed by atoms with Crippen molar-refractivity contribution in [2.24, 2.45) is 11.7 Å². The van der Waals surface area contributed by atoms with E-state index in [1.165, 1.54) is 6.42 Å². The molecule has 0 aromatic heterocycles. The van der Waals surface area contributed by atoms with E-state index in [4.69, 9.17) is 10.8 Å². The lowest BCUT2D eigenvalue weighted by atomic mass is 9.85. The summed E-state index contributed by atoms with van der Waals surface area (Å²) in [6.07, 6.45) is 3.36. The lowest BCUT2D eigenvalue weighted by Gasteiger charge is -2.30. The zero-order valence-corrected chi connectivity index (χ0v) is 7.12. The molecule has 1 fully saturated rings. The van der Waals surface area contributed by atoms with Gasteiger partial charge < -0.3 is 16.2 Å². The van der Waals surface area contributed by atoms with Crippen molar-refractivity contribution < 1.29 is 9.90 Å². The summed E-state index contributed by atoms with van der Waals surface area (Å²) < 4.78 is 0. The summed E-state index contributed by atoms with van der Waals surface area (Å²) in [6.45, 7) is 0.588. The first-order valence-electron chi connectivity index (χ1n) is 4.43. The molecule has 4 nitrogen and oxygen atoms in total. The normalized spacial score (nSPS) is 29.8. The smallest absolute Gasteiger partial charge is 0.404 e. The van der Waals surface area contributed by atoms with E-state index < -0.39 is 6.09 Å². The maximum atomic E-state index is 10.4. The van der Waals surface area contributed by atoms with Crippen LogP contribution in [0.15, 0.2) is 0 Å². The van der Waals surface area contributed by atoms with E-state index in [9.17, 15) is 4.79 Å². The van der Waals surface area contributed by atoms with Gasteiger partial charge in [-0.05, 0) is 25.3 Å². The lowest BCUT2D eigenvalue weighted by Crippen LogP contribution is -2.44. The third-order valence-corrected chi connectivity index (χ3v) is 2.52. The van der Waals surface area contributed by atoms with Crippen molar-refractivity contribution in [3.8, 4) is 0 Å². The molecule has 70 valence electrons. The Labute approximate surface area is 72.1 Å². The molecule has 1 amide bonds. The van der Waals surface area contributed by atoms with E-state index in [2.05, 4.69) is 5.32 Å². The van der Waals surface area contributed by atoms with Crippen molar-refractivity contribution in [3.05, 3.63) is 0 Å². The fraction of sp³-hybridized carbons (Fsp3) is 0.875. The van der Waals surface area contributed by atoms with Crippen molar-refractivity contribution in [3.63, 3.8) is 0 Å². The van der Waals surface area contributed by atoms with E-state index in [1.807, 2.05) is 0 Å². The van der Waals surface area contributed by atoms with E-state index in [0.29, 0.717) is 12.5 Å². The van der Waals surface area contributed by atoms with Crippen LogP contribution in [0, 0.1) is 5.92 Å². The summed E-state index contributed by atoms with van der Waals surface area (Å²) in [5, 5.41) is 11.0. The Kier molecular flexibility index (Phi) is 3.34. The number of nitrogens with two attached hydrogens (primary N) is 1. The van der Waals surface area contributed by atoms with Crippen molar-refractivity contribution in [2.45, 2.75) is 31.7 Å².